The highest BCUT2D eigenvalue weighted by molar-refractivity contribution is 5.21. The summed E-state index contributed by atoms with van der Waals surface area (Å²) < 4.78 is 0. The molecular weight excluding hydrogens is 186 g/mol. The van der Waals surface area contributed by atoms with E-state index in [2.05, 4.69) is 36.1 Å². The van der Waals surface area contributed by atoms with Crippen LogP contribution in [0, 0.1) is 6.92 Å². The van der Waals surface area contributed by atoms with E-state index < -0.39 is 5.60 Å². The molecule has 1 aromatic rings. The molecule has 15 heavy (non-hydrogen) atoms. The van der Waals surface area contributed by atoms with Crippen molar-refractivity contribution in [2.45, 2.75) is 32.4 Å². The molecule has 0 atom stereocenters. The molecule has 0 bridgehead atoms. The third-order valence-electron chi connectivity index (χ3n) is 3.22. The van der Waals surface area contributed by atoms with Crippen LogP contribution >= 0.6 is 0 Å². The normalized spacial score (nSPS) is 19.9. The first-order valence-electron chi connectivity index (χ1n) is 5.61. The Labute approximate surface area is 91.5 Å². The standard InChI is InChI=1S/C13H19NO/c1-3-13(15)9-14(10-13)8-12-6-4-11(2)5-7-12/h4-7,15H,3,8-10H2,1-2H3. The van der Waals surface area contributed by atoms with Crippen LogP contribution in [0.2, 0.25) is 0 Å². The molecule has 0 spiro atoms. The van der Waals surface area contributed by atoms with E-state index in [1.165, 1.54) is 11.1 Å². The molecule has 0 radical (unpaired) electrons. The molecule has 1 aliphatic rings. The molecular formula is C13H19NO. The van der Waals surface area contributed by atoms with Gasteiger partial charge in [0.05, 0.1) is 5.60 Å². The highest BCUT2D eigenvalue weighted by Gasteiger charge is 2.38. The molecule has 82 valence electrons. The van der Waals surface area contributed by atoms with Crippen molar-refractivity contribution in [2.24, 2.45) is 0 Å². The molecule has 0 saturated carbocycles. The first kappa shape index (κ1) is 10.7. The van der Waals surface area contributed by atoms with E-state index in [9.17, 15) is 5.11 Å². The Bertz CT molecular complexity index is 325. The van der Waals surface area contributed by atoms with E-state index in [0.717, 1.165) is 26.1 Å². The summed E-state index contributed by atoms with van der Waals surface area (Å²) in [6.07, 6.45) is 0.859. The lowest BCUT2D eigenvalue weighted by atomic mass is 9.91. The molecule has 2 heteroatoms. The summed E-state index contributed by atoms with van der Waals surface area (Å²) in [7, 11) is 0. The van der Waals surface area contributed by atoms with Gasteiger partial charge in [0.15, 0.2) is 0 Å². The van der Waals surface area contributed by atoms with E-state index in [1.807, 2.05) is 6.92 Å². The minimum absolute atomic E-state index is 0.412. The van der Waals surface area contributed by atoms with Gasteiger partial charge in [0.1, 0.15) is 0 Å². The Balaban J connectivity index is 1.87. The van der Waals surface area contributed by atoms with Crippen molar-refractivity contribution in [3.8, 4) is 0 Å². The number of aryl methyl sites for hydroxylation is 1. The van der Waals surface area contributed by atoms with Crippen molar-refractivity contribution in [3.05, 3.63) is 35.4 Å². The highest BCUT2D eigenvalue weighted by atomic mass is 16.3. The number of benzene rings is 1. The number of rotatable bonds is 3. The third kappa shape index (κ3) is 2.39. The fourth-order valence-corrected chi connectivity index (χ4v) is 2.07. The summed E-state index contributed by atoms with van der Waals surface area (Å²) in [4.78, 5) is 2.29. The van der Waals surface area contributed by atoms with Crippen LogP contribution in [0.25, 0.3) is 0 Å². The predicted octanol–water partition coefficient (Wildman–Crippen LogP) is 1.95. The summed E-state index contributed by atoms with van der Waals surface area (Å²) in [6, 6.07) is 8.61. The monoisotopic (exact) mass is 205 g/mol. The van der Waals surface area contributed by atoms with Gasteiger partial charge in [-0.1, -0.05) is 36.8 Å². The van der Waals surface area contributed by atoms with E-state index in [-0.39, 0.29) is 0 Å². The van der Waals surface area contributed by atoms with E-state index in [0.29, 0.717) is 0 Å². The summed E-state index contributed by atoms with van der Waals surface area (Å²) >= 11 is 0. The summed E-state index contributed by atoms with van der Waals surface area (Å²) in [5.74, 6) is 0. The van der Waals surface area contributed by atoms with Crippen LogP contribution in [0.3, 0.4) is 0 Å². The van der Waals surface area contributed by atoms with Crippen LogP contribution in [0.1, 0.15) is 24.5 Å². The average Bonchev–Trinajstić information content (AvgIpc) is 2.19. The molecule has 1 saturated heterocycles. The SMILES string of the molecule is CCC1(O)CN(Cc2ccc(C)cc2)C1. The quantitative estimate of drug-likeness (QED) is 0.815. The van der Waals surface area contributed by atoms with Gasteiger partial charge in [-0.3, -0.25) is 4.90 Å². The Morgan fingerprint density at radius 2 is 1.87 bits per heavy atom. The van der Waals surface area contributed by atoms with Crippen molar-refractivity contribution < 1.29 is 5.11 Å². The average molecular weight is 205 g/mol. The Morgan fingerprint density at radius 1 is 1.27 bits per heavy atom. The maximum absolute atomic E-state index is 9.87. The molecule has 0 amide bonds. The van der Waals surface area contributed by atoms with Gasteiger partial charge >= 0.3 is 0 Å². The molecule has 2 rings (SSSR count). The number of likely N-dealkylation sites (tertiary alicyclic amines) is 1. The lowest BCUT2D eigenvalue weighted by Gasteiger charge is -2.46. The molecule has 1 fully saturated rings. The van der Waals surface area contributed by atoms with Crippen molar-refractivity contribution in [1.82, 2.24) is 4.90 Å². The minimum atomic E-state index is -0.412. The second-order valence-electron chi connectivity index (χ2n) is 4.71. The van der Waals surface area contributed by atoms with Crippen LogP contribution in [-0.2, 0) is 6.54 Å². The predicted molar refractivity (Wildman–Crippen MR) is 61.7 cm³/mol. The van der Waals surface area contributed by atoms with Gasteiger partial charge in [-0.2, -0.15) is 0 Å². The molecule has 0 unspecified atom stereocenters. The van der Waals surface area contributed by atoms with Gasteiger partial charge < -0.3 is 5.11 Å². The lowest BCUT2D eigenvalue weighted by Crippen LogP contribution is -2.60. The van der Waals surface area contributed by atoms with Gasteiger partial charge in [0, 0.05) is 19.6 Å². The molecule has 1 aliphatic heterocycles. The first-order chi connectivity index (χ1) is 7.11. The van der Waals surface area contributed by atoms with E-state index in [4.69, 9.17) is 0 Å². The number of nitrogens with zero attached hydrogens (tertiary/aromatic N) is 1. The van der Waals surface area contributed by atoms with Crippen LogP contribution in [0.4, 0.5) is 0 Å². The second kappa shape index (κ2) is 3.95. The maximum Gasteiger partial charge on any atom is 0.0897 e. The van der Waals surface area contributed by atoms with E-state index >= 15 is 0 Å². The van der Waals surface area contributed by atoms with Crippen molar-refractivity contribution in [1.29, 1.82) is 0 Å². The van der Waals surface area contributed by atoms with Crippen LogP contribution in [-0.4, -0.2) is 28.7 Å². The van der Waals surface area contributed by atoms with Gasteiger partial charge in [0.25, 0.3) is 0 Å². The molecule has 1 aromatic carbocycles. The van der Waals surface area contributed by atoms with Crippen LogP contribution < -0.4 is 0 Å². The third-order valence-corrected chi connectivity index (χ3v) is 3.22. The smallest absolute Gasteiger partial charge is 0.0897 e. The molecule has 0 aliphatic carbocycles. The van der Waals surface area contributed by atoms with Gasteiger partial charge in [0.2, 0.25) is 0 Å². The second-order valence-corrected chi connectivity index (χ2v) is 4.71. The molecule has 1 heterocycles. The van der Waals surface area contributed by atoms with Gasteiger partial charge in [-0.25, -0.2) is 0 Å². The molecule has 0 aromatic heterocycles. The highest BCUT2D eigenvalue weighted by Crippen LogP contribution is 2.25. The van der Waals surface area contributed by atoms with Crippen molar-refractivity contribution in [2.75, 3.05) is 13.1 Å². The lowest BCUT2D eigenvalue weighted by molar-refractivity contribution is -0.103. The van der Waals surface area contributed by atoms with Gasteiger partial charge in [-0.05, 0) is 18.9 Å². The summed E-state index contributed by atoms with van der Waals surface area (Å²) in [5.41, 5.74) is 2.22. The van der Waals surface area contributed by atoms with Crippen molar-refractivity contribution >= 4 is 0 Å². The zero-order valence-electron chi connectivity index (χ0n) is 9.53. The van der Waals surface area contributed by atoms with E-state index in [1.54, 1.807) is 0 Å². The first-order valence-corrected chi connectivity index (χ1v) is 5.61. The fraction of sp³-hybridized carbons (Fsp3) is 0.538. The van der Waals surface area contributed by atoms with Crippen molar-refractivity contribution in [3.63, 3.8) is 0 Å². The Morgan fingerprint density at radius 3 is 2.40 bits per heavy atom. The maximum atomic E-state index is 9.87. The van der Waals surface area contributed by atoms with Crippen LogP contribution in [0.15, 0.2) is 24.3 Å². The molecule has 2 nitrogen and oxygen atoms in total. The number of hydrogen-bond donors (Lipinski definition) is 1. The summed E-state index contributed by atoms with van der Waals surface area (Å²) in [5, 5.41) is 9.87. The topological polar surface area (TPSA) is 23.5 Å². The number of aliphatic hydroxyl groups is 1. The zero-order chi connectivity index (χ0) is 10.9. The number of hydrogen-bond acceptors (Lipinski definition) is 2. The van der Waals surface area contributed by atoms with Gasteiger partial charge in [-0.15, -0.1) is 0 Å². The minimum Gasteiger partial charge on any atom is -0.387 e. The fourth-order valence-electron chi connectivity index (χ4n) is 2.07. The van der Waals surface area contributed by atoms with Crippen LogP contribution in [0.5, 0.6) is 0 Å². The summed E-state index contributed by atoms with van der Waals surface area (Å²) in [6.45, 7) is 6.74. The largest absolute Gasteiger partial charge is 0.387 e. The zero-order valence-corrected chi connectivity index (χ0v) is 9.53. The number of β-amino-alcohol motifs (C(OH)–C–C–N with tert-alkyl or cyclic N) is 1. The molecule has 1 N–H and O–H groups in total. The Hall–Kier alpha value is -0.860. The Kier molecular flexibility index (Phi) is 2.81.